The fourth-order valence-electron chi connectivity index (χ4n) is 1.57. The molecule has 1 aromatic rings. The lowest BCUT2D eigenvalue weighted by Crippen LogP contribution is -2.21. The molecule has 1 rings (SSSR count). The van der Waals surface area contributed by atoms with Crippen LogP contribution in [0, 0.1) is 5.41 Å². The molecule has 0 aliphatic rings. The minimum atomic E-state index is -0.780. The first-order valence-corrected chi connectivity index (χ1v) is 5.90. The van der Waals surface area contributed by atoms with Gasteiger partial charge in [-0.15, -0.1) is 0 Å². The van der Waals surface area contributed by atoms with Crippen molar-refractivity contribution in [3.8, 4) is 0 Å². The number of carboxylic acid groups (broad SMARTS) is 1. The quantitative estimate of drug-likeness (QED) is 0.683. The van der Waals surface area contributed by atoms with E-state index in [1.54, 1.807) is 0 Å². The zero-order chi connectivity index (χ0) is 13.6. The molecular formula is C12H19N3O3. The molecule has 100 valence electrons. The van der Waals surface area contributed by atoms with Gasteiger partial charge < -0.3 is 15.4 Å². The molecule has 3 N–H and O–H groups in total. The lowest BCUT2D eigenvalue weighted by Gasteiger charge is -2.23. The van der Waals surface area contributed by atoms with E-state index in [0.717, 1.165) is 6.42 Å². The fraction of sp³-hybridized carbons (Fsp3) is 0.583. The summed E-state index contributed by atoms with van der Waals surface area (Å²) in [5.74, 6) is -0.483. The molecule has 0 radical (unpaired) electrons. The first kappa shape index (κ1) is 14.2. The number of anilines is 1. The summed E-state index contributed by atoms with van der Waals surface area (Å²) < 4.78 is 0. The molecule has 0 bridgehead atoms. The Balaban J connectivity index is 2.39. The highest BCUT2D eigenvalue weighted by Crippen LogP contribution is 2.26. The van der Waals surface area contributed by atoms with Crippen molar-refractivity contribution < 1.29 is 9.90 Å². The molecule has 0 amide bonds. The van der Waals surface area contributed by atoms with E-state index in [1.165, 1.54) is 12.4 Å². The monoisotopic (exact) mass is 253 g/mol. The minimum absolute atomic E-state index is 0.0765. The molecule has 18 heavy (non-hydrogen) atoms. The number of nitrogens with one attached hydrogen (secondary N) is 2. The third-order valence-corrected chi connectivity index (χ3v) is 2.82. The summed E-state index contributed by atoms with van der Waals surface area (Å²) in [7, 11) is 0. The van der Waals surface area contributed by atoms with Crippen molar-refractivity contribution in [3.63, 3.8) is 0 Å². The van der Waals surface area contributed by atoms with Crippen LogP contribution >= 0.6 is 0 Å². The molecule has 6 nitrogen and oxygen atoms in total. The molecule has 0 unspecified atom stereocenters. The van der Waals surface area contributed by atoms with Crippen LogP contribution in [0.25, 0.3) is 0 Å². The van der Waals surface area contributed by atoms with Gasteiger partial charge in [-0.1, -0.05) is 13.8 Å². The van der Waals surface area contributed by atoms with Gasteiger partial charge in [-0.3, -0.25) is 9.59 Å². The number of aromatic amines is 1. The highest BCUT2D eigenvalue weighted by atomic mass is 16.4. The van der Waals surface area contributed by atoms with Crippen LogP contribution in [0.15, 0.2) is 17.2 Å². The van der Waals surface area contributed by atoms with Crippen LogP contribution in [0.5, 0.6) is 0 Å². The van der Waals surface area contributed by atoms with Crippen LogP contribution in [-0.4, -0.2) is 27.6 Å². The van der Waals surface area contributed by atoms with Crippen molar-refractivity contribution in [1.82, 2.24) is 9.97 Å². The van der Waals surface area contributed by atoms with E-state index in [-0.39, 0.29) is 17.4 Å². The number of nitrogens with zero attached hydrogens (tertiary/aromatic N) is 1. The van der Waals surface area contributed by atoms with Gasteiger partial charge in [0.1, 0.15) is 0 Å². The van der Waals surface area contributed by atoms with E-state index in [9.17, 15) is 9.59 Å². The average Bonchev–Trinajstić information content (AvgIpc) is 2.29. The smallest absolute Gasteiger partial charge is 0.303 e. The van der Waals surface area contributed by atoms with E-state index >= 15 is 0 Å². The second kappa shape index (κ2) is 6.18. The van der Waals surface area contributed by atoms with Crippen LogP contribution < -0.4 is 10.9 Å². The van der Waals surface area contributed by atoms with E-state index in [0.29, 0.717) is 18.8 Å². The maximum absolute atomic E-state index is 11.3. The summed E-state index contributed by atoms with van der Waals surface area (Å²) in [6.07, 6.45) is 4.54. The van der Waals surface area contributed by atoms with E-state index in [4.69, 9.17) is 5.11 Å². The summed E-state index contributed by atoms with van der Waals surface area (Å²) in [5.41, 5.74) is -0.326. The first-order chi connectivity index (χ1) is 8.41. The van der Waals surface area contributed by atoms with Gasteiger partial charge in [-0.25, -0.2) is 4.98 Å². The van der Waals surface area contributed by atoms with E-state index in [1.807, 2.05) is 13.8 Å². The van der Waals surface area contributed by atoms with Gasteiger partial charge in [0.05, 0.1) is 0 Å². The number of hydrogen-bond acceptors (Lipinski definition) is 4. The molecule has 0 fully saturated rings. The zero-order valence-corrected chi connectivity index (χ0v) is 10.7. The Labute approximate surface area is 105 Å². The van der Waals surface area contributed by atoms with Crippen molar-refractivity contribution in [1.29, 1.82) is 0 Å². The van der Waals surface area contributed by atoms with Gasteiger partial charge in [-0.05, 0) is 18.3 Å². The fourth-order valence-corrected chi connectivity index (χ4v) is 1.57. The second-order valence-corrected chi connectivity index (χ2v) is 5.00. The van der Waals surface area contributed by atoms with Crippen molar-refractivity contribution in [2.45, 2.75) is 33.1 Å². The zero-order valence-electron chi connectivity index (χ0n) is 10.7. The lowest BCUT2D eigenvalue weighted by molar-refractivity contribution is -0.137. The number of hydrogen-bond donors (Lipinski definition) is 3. The number of H-pyrrole nitrogens is 1. The van der Waals surface area contributed by atoms with E-state index < -0.39 is 5.97 Å². The van der Waals surface area contributed by atoms with Crippen molar-refractivity contribution in [2.24, 2.45) is 5.41 Å². The molecule has 0 atom stereocenters. The SMILES string of the molecule is CC(C)(CCNc1ncc[nH]c1=O)CCC(=O)O. The van der Waals surface area contributed by atoms with E-state index in [2.05, 4.69) is 15.3 Å². The second-order valence-electron chi connectivity index (χ2n) is 5.00. The summed E-state index contributed by atoms with van der Waals surface area (Å²) in [6.45, 7) is 4.62. The Hall–Kier alpha value is -1.85. The van der Waals surface area contributed by atoms with Gasteiger partial charge in [0.15, 0.2) is 5.82 Å². The number of aliphatic carboxylic acids is 1. The largest absolute Gasteiger partial charge is 0.481 e. The van der Waals surface area contributed by atoms with Gasteiger partial charge >= 0.3 is 5.97 Å². The molecule has 0 aromatic carbocycles. The molecule has 1 heterocycles. The molecule has 0 aliphatic heterocycles. The number of rotatable bonds is 7. The Kier molecular flexibility index (Phi) is 4.88. The number of carboxylic acids is 1. The molecule has 0 aliphatic carbocycles. The summed E-state index contributed by atoms with van der Waals surface area (Å²) in [4.78, 5) is 28.3. The molecule has 0 spiro atoms. The van der Waals surface area contributed by atoms with Crippen LogP contribution in [0.4, 0.5) is 5.82 Å². The summed E-state index contributed by atoms with van der Waals surface area (Å²) in [5, 5.41) is 11.6. The maximum atomic E-state index is 11.3. The molecule has 6 heteroatoms. The topological polar surface area (TPSA) is 95.1 Å². The predicted octanol–water partition coefficient (Wildman–Crippen LogP) is 1.46. The minimum Gasteiger partial charge on any atom is -0.481 e. The third-order valence-electron chi connectivity index (χ3n) is 2.82. The van der Waals surface area contributed by atoms with Crippen molar-refractivity contribution >= 4 is 11.8 Å². The van der Waals surface area contributed by atoms with Gasteiger partial charge in [0.2, 0.25) is 0 Å². The van der Waals surface area contributed by atoms with Crippen LogP contribution in [0.3, 0.4) is 0 Å². The standard InChI is InChI=1S/C12H19N3O3/c1-12(2,4-3-9(16)17)5-6-13-10-11(18)15-8-7-14-10/h7-8H,3-6H2,1-2H3,(H,13,14)(H,15,18)(H,16,17). The Bertz CT molecular complexity index is 454. The Morgan fingerprint density at radius 3 is 2.83 bits per heavy atom. The van der Waals surface area contributed by atoms with Gasteiger partial charge in [-0.2, -0.15) is 0 Å². The van der Waals surface area contributed by atoms with Gasteiger partial charge in [0.25, 0.3) is 5.56 Å². The molecule has 1 aromatic heterocycles. The van der Waals surface area contributed by atoms with Crippen LogP contribution in [0.1, 0.15) is 33.1 Å². The number of carbonyl (C=O) groups is 1. The summed E-state index contributed by atoms with van der Waals surface area (Å²) >= 11 is 0. The third kappa shape index (κ3) is 4.99. The summed E-state index contributed by atoms with van der Waals surface area (Å²) in [6, 6.07) is 0. The van der Waals surface area contributed by atoms with Crippen LogP contribution in [-0.2, 0) is 4.79 Å². The highest BCUT2D eigenvalue weighted by Gasteiger charge is 2.18. The van der Waals surface area contributed by atoms with Crippen molar-refractivity contribution in [3.05, 3.63) is 22.7 Å². The average molecular weight is 253 g/mol. The first-order valence-electron chi connectivity index (χ1n) is 5.90. The van der Waals surface area contributed by atoms with Crippen LogP contribution in [0.2, 0.25) is 0 Å². The molecule has 0 saturated carbocycles. The molecular weight excluding hydrogens is 234 g/mol. The van der Waals surface area contributed by atoms with Gasteiger partial charge in [0, 0.05) is 25.4 Å². The molecule has 0 saturated heterocycles. The Morgan fingerprint density at radius 2 is 2.22 bits per heavy atom. The maximum Gasteiger partial charge on any atom is 0.303 e. The van der Waals surface area contributed by atoms with Crippen molar-refractivity contribution in [2.75, 3.05) is 11.9 Å². The Morgan fingerprint density at radius 1 is 1.50 bits per heavy atom. The predicted molar refractivity (Wildman–Crippen MR) is 68.6 cm³/mol. The highest BCUT2D eigenvalue weighted by molar-refractivity contribution is 5.66. The normalized spacial score (nSPS) is 11.2. The number of aromatic nitrogens is 2. The lowest BCUT2D eigenvalue weighted by atomic mass is 9.84.